The number of benzene rings is 2. The summed E-state index contributed by atoms with van der Waals surface area (Å²) in [4.78, 5) is 0. The second kappa shape index (κ2) is 6.05. The number of methoxy groups -OCH3 is 2. The van der Waals surface area contributed by atoms with Crippen LogP contribution in [0.1, 0.15) is 34.5 Å². The van der Waals surface area contributed by atoms with E-state index in [2.05, 4.69) is 24.3 Å². The molecule has 0 heterocycles. The van der Waals surface area contributed by atoms with Crippen molar-refractivity contribution in [2.75, 3.05) is 14.2 Å². The van der Waals surface area contributed by atoms with E-state index in [9.17, 15) is 0 Å². The molecule has 0 saturated carbocycles. The Hall–Kier alpha value is -1.58. The monoisotopic (exact) mass is 358 g/mol. The van der Waals surface area contributed by atoms with Gasteiger partial charge in [-0.2, -0.15) is 0 Å². The highest BCUT2D eigenvalue weighted by Gasteiger charge is 2.31. The third-order valence-corrected chi connectivity index (χ3v) is 5.25. The average molecular weight is 359 g/mol. The molecular weight excluding hydrogens is 343 g/mol. The highest BCUT2D eigenvalue weighted by molar-refractivity contribution is 6.33. The van der Waals surface area contributed by atoms with E-state index < -0.39 is 0 Å². The van der Waals surface area contributed by atoms with Crippen molar-refractivity contribution in [3.05, 3.63) is 68.7 Å². The van der Waals surface area contributed by atoms with Gasteiger partial charge in [-0.15, -0.1) is 0 Å². The Morgan fingerprint density at radius 2 is 1.12 bits per heavy atom. The maximum absolute atomic E-state index is 6.57. The number of hydrogen-bond acceptors (Lipinski definition) is 2. The molecule has 0 bridgehead atoms. The van der Waals surface area contributed by atoms with Crippen LogP contribution in [0, 0.1) is 0 Å². The van der Waals surface area contributed by atoms with Crippen molar-refractivity contribution >= 4 is 35.4 Å². The maximum Gasteiger partial charge on any atom is 0.118 e. The fraction of sp³-hybridized carbons (Fsp3) is 0.200. The van der Waals surface area contributed by atoms with E-state index in [1.54, 1.807) is 14.2 Å². The fourth-order valence-electron chi connectivity index (χ4n) is 3.66. The summed E-state index contributed by atoms with van der Waals surface area (Å²) in [5, 5.41) is 1.33. The van der Waals surface area contributed by atoms with Crippen LogP contribution < -0.4 is 0 Å². The smallest absolute Gasteiger partial charge is 0.118 e. The summed E-state index contributed by atoms with van der Waals surface area (Å²) in [6.45, 7) is 0. The number of hydrogen-bond donors (Lipinski definition) is 0. The zero-order chi connectivity index (χ0) is 16.8. The fourth-order valence-corrected chi connectivity index (χ4v) is 4.31. The summed E-state index contributed by atoms with van der Waals surface area (Å²) >= 11 is 13.1. The van der Waals surface area contributed by atoms with Crippen molar-refractivity contribution in [1.29, 1.82) is 0 Å². The summed E-state index contributed by atoms with van der Waals surface area (Å²) in [6.07, 6.45) is 3.36. The first kappa shape index (κ1) is 15.9. The van der Waals surface area contributed by atoms with Gasteiger partial charge in [0.1, 0.15) is 12.2 Å². The Kier molecular flexibility index (Phi) is 4.01. The zero-order valence-corrected chi connectivity index (χ0v) is 14.9. The third-order valence-electron chi connectivity index (χ3n) is 4.63. The molecule has 0 amide bonds. The molecule has 2 atom stereocenters. The van der Waals surface area contributed by atoms with Gasteiger partial charge in [0, 0.05) is 14.2 Å². The van der Waals surface area contributed by atoms with E-state index in [-0.39, 0.29) is 12.2 Å². The normalized spacial score (nSPS) is 21.3. The van der Waals surface area contributed by atoms with Gasteiger partial charge in [0.25, 0.3) is 0 Å². The van der Waals surface area contributed by atoms with Crippen LogP contribution in [0.25, 0.3) is 23.3 Å². The van der Waals surface area contributed by atoms with Crippen LogP contribution in [0.2, 0.25) is 0 Å². The molecule has 2 nitrogen and oxygen atoms in total. The van der Waals surface area contributed by atoms with E-state index in [4.69, 9.17) is 32.7 Å². The lowest BCUT2D eigenvalue weighted by Gasteiger charge is -2.20. The zero-order valence-electron chi connectivity index (χ0n) is 13.3. The second-order valence-electron chi connectivity index (χ2n) is 5.91. The molecule has 4 heteroatoms. The Morgan fingerprint density at radius 1 is 0.708 bits per heavy atom. The Balaban J connectivity index is 2.18. The lowest BCUT2D eigenvalue weighted by molar-refractivity contribution is 0.139. The van der Waals surface area contributed by atoms with Crippen LogP contribution >= 0.6 is 23.2 Å². The molecule has 2 aromatic rings. The molecule has 2 aliphatic rings. The molecule has 2 aromatic carbocycles. The van der Waals surface area contributed by atoms with Crippen LogP contribution in [0.5, 0.6) is 0 Å². The lowest BCUT2D eigenvalue weighted by Crippen LogP contribution is -2.05. The van der Waals surface area contributed by atoms with Gasteiger partial charge in [-0.1, -0.05) is 59.6 Å². The molecule has 0 N–H and O–H groups in total. The maximum atomic E-state index is 6.57. The van der Waals surface area contributed by atoms with Crippen LogP contribution in [0.3, 0.4) is 0 Å². The molecule has 2 aliphatic carbocycles. The Bertz CT molecular complexity index is 810. The number of ether oxygens (including phenoxy) is 2. The topological polar surface area (TPSA) is 18.5 Å². The quantitative estimate of drug-likeness (QED) is 0.663. The molecule has 0 aromatic heterocycles. The molecule has 24 heavy (non-hydrogen) atoms. The largest absolute Gasteiger partial charge is 0.371 e. The molecule has 0 aliphatic heterocycles. The minimum Gasteiger partial charge on any atom is -0.371 e. The van der Waals surface area contributed by atoms with Gasteiger partial charge in [0.15, 0.2) is 0 Å². The average Bonchev–Trinajstić information content (AvgIpc) is 2.77. The van der Waals surface area contributed by atoms with Crippen molar-refractivity contribution in [3.8, 4) is 11.1 Å². The highest BCUT2D eigenvalue weighted by atomic mass is 35.5. The van der Waals surface area contributed by atoms with E-state index >= 15 is 0 Å². The van der Waals surface area contributed by atoms with Gasteiger partial charge in [-0.3, -0.25) is 0 Å². The molecule has 4 rings (SSSR count). The van der Waals surface area contributed by atoms with Gasteiger partial charge in [0.05, 0.1) is 10.1 Å². The summed E-state index contributed by atoms with van der Waals surface area (Å²) in [6, 6.07) is 12.3. The molecular formula is C20H16Cl2O2. The predicted molar refractivity (Wildman–Crippen MR) is 99.0 cm³/mol. The molecule has 0 spiro atoms. The first-order valence-corrected chi connectivity index (χ1v) is 8.47. The van der Waals surface area contributed by atoms with Crippen molar-refractivity contribution in [3.63, 3.8) is 0 Å². The Labute approximate surface area is 151 Å². The van der Waals surface area contributed by atoms with Crippen LogP contribution in [0.15, 0.2) is 46.5 Å². The van der Waals surface area contributed by atoms with Crippen molar-refractivity contribution in [1.82, 2.24) is 0 Å². The Morgan fingerprint density at radius 3 is 1.50 bits per heavy atom. The van der Waals surface area contributed by atoms with Crippen LogP contribution in [-0.4, -0.2) is 14.2 Å². The van der Waals surface area contributed by atoms with Gasteiger partial charge < -0.3 is 9.47 Å². The summed E-state index contributed by atoms with van der Waals surface area (Å²) in [5.41, 5.74) is 6.40. The summed E-state index contributed by atoms with van der Waals surface area (Å²) < 4.78 is 11.4. The third kappa shape index (κ3) is 2.26. The molecule has 0 fully saturated rings. The van der Waals surface area contributed by atoms with Crippen molar-refractivity contribution < 1.29 is 9.47 Å². The summed E-state index contributed by atoms with van der Waals surface area (Å²) in [5.74, 6) is 0. The van der Waals surface area contributed by atoms with Crippen LogP contribution in [-0.2, 0) is 9.47 Å². The lowest BCUT2D eigenvalue weighted by atomic mass is 9.88. The standard InChI is InChI=1S/C20H16Cl2O2/c1-23-19-13-7-3-5-12-10-16(22)20(24-2)14-8-4-6-11(9-15(19)21)18(14)17(12)13/h3-10,19-20H,1-2H3/t19-,20-/m1/s1. The molecule has 0 unspecified atom stereocenters. The van der Waals surface area contributed by atoms with Crippen molar-refractivity contribution in [2.45, 2.75) is 12.2 Å². The first-order chi connectivity index (χ1) is 11.7. The van der Waals surface area contributed by atoms with E-state index in [0.717, 1.165) is 33.4 Å². The van der Waals surface area contributed by atoms with Crippen LogP contribution in [0.4, 0.5) is 0 Å². The van der Waals surface area contributed by atoms with Crippen molar-refractivity contribution in [2.24, 2.45) is 0 Å². The van der Waals surface area contributed by atoms with Gasteiger partial charge in [0.2, 0.25) is 0 Å². The van der Waals surface area contributed by atoms with Gasteiger partial charge >= 0.3 is 0 Å². The summed E-state index contributed by atoms with van der Waals surface area (Å²) in [7, 11) is 3.35. The highest BCUT2D eigenvalue weighted by Crippen LogP contribution is 2.49. The van der Waals surface area contributed by atoms with E-state index in [1.165, 1.54) is 0 Å². The van der Waals surface area contributed by atoms with E-state index in [1.807, 2.05) is 24.3 Å². The molecule has 0 radical (unpaired) electrons. The first-order valence-electron chi connectivity index (χ1n) is 7.71. The number of halogens is 2. The molecule has 122 valence electrons. The van der Waals surface area contributed by atoms with Gasteiger partial charge in [-0.25, -0.2) is 0 Å². The molecule has 0 saturated heterocycles. The number of rotatable bonds is 2. The second-order valence-corrected chi connectivity index (χ2v) is 6.79. The predicted octanol–water partition coefficient (Wildman–Crippen LogP) is 5.92. The SMILES string of the molecule is CO[C@H]1C(Cl)=Cc2cccc3c2-c2c(cccc21)C=C(Cl)[C@@H]3OC. The minimum atomic E-state index is -0.298. The van der Waals surface area contributed by atoms with E-state index in [0.29, 0.717) is 10.1 Å². The van der Waals surface area contributed by atoms with Gasteiger partial charge in [-0.05, 0) is 45.5 Å². The minimum absolute atomic E-state index is 0.298.